The molecule has 2 unspecified atom stereocenters. The average Bonchev–Trinajstić information content (AvgIpc) is 2.27. The first-order chi connectivity index (χ1) is 8.27. The van der Waals surface area contributed by atoms with E-state index in [-0.39, 0.29) is 12.2 Å². The van der Waals surface area contributed by atoms with Crippen LogP contribution in [0.1, 0.15) is 23.8 Å². The molecule has 0 saturated carbocycles. The van der Waals surface area contributed by atoms with Crippen LogP contribution in [0, 0.1) is 0 Å². The number of aliphatic hydroxyl groups is 2. The third-order valence-corrected chi connectivity index (χ3v) is 2.76. The van der Waals surface area contributed by atoms with Gasteiger partial charge < -0.3 is 15.9 Å². The first-order valence-corrected chi connectivity index (χ1v) is 6.15. The Balaban J connectivity index is 3.15. The number of aromatic nitrogens is 1. The smallest absolute Gasteiger partial charge is 0.390 e. The molecule has 0 fully saturated rings. The molecule has 1 heterocycles. The number of hydrogen-bond acceptors (Lipinski definition) is 4. The van der Waals surface area contributed by atoms with Crippen LogP contribution in [0.2, 0.25) is 0 Å². The van der Waals surface area contributed by atoms with Crippen molar-refractivity contribution in [2.75, 3.05) is 11.1 Å². The molecule has 18 heavy (non-hydrogen) atoms. The molecular weight excluding hydrogens is 317 g/mol. The molecule has 0 saturated heterocycles. The van der Waals surface area contributed by atoms with Gasteiger partial charge in [-0.25, -0.2) is 4.98 Å². The van der Waals surface area contributed by atoms with Crippen LogP contribution in [0.15, 0.2) is 12.1 Å². The molecule has 0 aliphatic rings. The van der Waals surface area contributed by atoms with Gasteiger partial charge in [-0.3, -0.25) is 0 Å². The Bertz CT molecular complexity index is 415. The van der Waals surface area contributed by atoms with Gasteiger partial charge in [-0.05, 0) is 12.5 Å². The van der Waals surface area contributed by atoms with Gasteiger partial charge in [-0.2, -0.15) is 13.2 Å². The van der Waals surface area contributed by atoms with Crippen molar-refractivity contribution in [1.29, 1.82) is 0 Å². The number of halogens is 4. The second-order valence-corrected chi connectivity index (χ2v) is 4.45. The Morgan fingerprint density at radius 2 is 1.94 bits per heavy atom. The van der Waals surface area contributed by atoms with E-state index in [4.69, 9.17) is 5.73 Å². The summed E-state index contributed by atoms with van der Waals surface area (Å²) in [6, 6.07) is 2.17. The Morgan fingerprint density at radius 3 is 2.44 bits per heavy atom. The molecule has 1 rings (SSSR count). The van der Waals surface area contributed by atoms with Gasteiger partial charge in [0.05, 0.1) is 6.10 Å². The molecule has 8 heteroatoms. The van der Waals surface area contributed by atoms with Crippen LogP contribution in [0.25, 0.3) is 0 Å². The molecular formula is C10H12BrF3N2O2. The molecule has 4 N–H and O–H groups in total. The zero-order valence-electron chi connectivity index (χ0n) is 9.15. The number of anilines is 1. The minimum Gasteiger partial charge on any atom is -0.390 e. The normalized spacial score (nSPS) is 15.4. The van der Waals surface area contributed by atoms with Crippen molar-refractivity contribution in [3.05, 3.63) is 23.4 Å². The quantitative estimate of drug-likeness (QED) is 0.737. The molecule has 102 valence electrons. The van der Waals surface area contributed by atoms with Crippen molar-refractivity contribution < 1.29 is 23.4 Å². The summed E-state index contributed by atoms with van der Waals surface area (Å²) in [4.78, 5) is 3.18. The fourth-order valence-electron chi connectivity index (χ4n) is 1.43. The molecule has 0 radical (unpaired) electrons. The number of hydrogen-bond donors (Lipinski definition) is 3. The lowest BCUT2D eigenvalue weighted by Gasteiger charge is -2.20. The minimum atomic E-state index is -4.74. The van der Waals surface area contributed by atoms with Crippen molar-refractivity contribution >= 4 is 21.7 Å². The van der Waals surface area contributed by atoms with Gasteiger partial charge >= 0.3 is 6.18 Å². The van der Waals surface area contributed by atoms with Crippen LogP contribution in [-0.2, 0) is 6.18 Å². The van der Waals surface area contributed by atoms with E-state index in [1.54, 1.807) is 0 Å². The molecule has 0 aromatic carbocycles. The van der Waals surface area contributed by atoms with Gasteiger partial charge in [-0.15, -0.1) is 0 Å². The lowest BCUT2D eigenvalue weighted by atomic mass is 10.0. The summed E-state index contributed by atoms with van der Waals surface area (Å²) in [7, 11) is 0. The van der Waals surface area contributed by atoms with Crippen LogP contribution in [0.5, 0.6) is 0 Å². The zero-order chi connectivity index (χ0) is 13.9. The van der Waals surface area contributed by atoms with Gasteiger partial charge in [0.2, 0.25) is 0 Å². The molecule has 0 aliphatic carbocycles. The number of nitrogens with zero attached hydrogens (tertiary/aromatic N) is 1. The molecule has 0 aliphatic heterocycles. The van der Waals surface area contributed by atoms with E-state index in [1.807, 2.05) is 0 Å². The van der Waals surface area contributed by atoms with Gasteiger partial charge in [-0.1, -0.05) is 22.0 Å². The second-order valence-electron chi connectivity index (χ2n) is 3.66. The maximum absolute atomic E-state index is 12.7. The highest BCUT2D eigenvalue weighted by Gasteiger charge is 2.38. The fraction of sp³-hybridized carbons (Fsp3) is 0.500. The third kappa shape index (κ3) is 3.56. The lowest BCUT2D eigenvalue weighted by molar-refractivity contribution is -0.143. The van der Waals surface area contributed by atoms with Crippen LogP contribution in [0.3, 0.4) is 0 Å². The highest BCUT2D eigenvalue weighted by atomic mass is 79.9. The molecule has 2 atom stereocenters. The van der Waals surface area contributed by atoms with Crippen LogP contribution < -0.4 is 5.73 Å². The van der Waals surface area contributed by atoms with Gasteiger partial charge in [0.1, 0.15) is 11.9 Å². The average molecular weight is 329 g/mol. The van der Waals surface area contributed by atoms with E-state index >= 15 is 0 Å². The summed E-state index contributed by atoms with van der Waals surface area (Å²) in [5.74, 6) is -0.298. The predicted molar refractivity (Wildman–Crippen MR) is 63.0 cm³/mol. The summed E-state index contributed by atoms with van der Waals surface area (Å²) in [5, 5.41) is 19.6. The Kier molecular flexibility index (Phi) is 4.94. The lowest BCUT2D eigenvalue weighted by Crippen LogP contribution is -2.23. The van der Waals surface area contributed by atoms with E-state index in [2.05, 4.69) is 20.9 Å². The Hall–Kier alpha value is -0.860. The maximum Gasteiger partial charge on any atom is 0.433 e. The molecule has 0 amide bonds. The van der Waals surface area contributed by atoms with E-state index in [0.29, 0.717) is 5.33 Å². The fourth-order valence-corrected chi connectivity index (χ4v) is 1.90. The molecule has 0 spiro atoms. The third-order valence-electron chi connectivity index (χ3n) is 2.30. The monoisotopic (exact) mass is 328 g/mol. The van der Waals surface area contributed by atoms with E-state index < -0.39 is 29.6 Å². The minimum absolute atomic E-state index is 0.114. The second kappa shape index (κ2) is 5.85. The van der Waals surface area contributed by atoms with Crippen LogP contribution in [-0.4, -0.2) is 26.6 Å². The zero-order valence-corrected chi connectivity index (χ0v) is 10.7. The van der Waals surface area contributed by atoms with Crippen LogP contribution >= 0.6 is 15.9 Å². The molecule has 4 nitrogen and oxygen atoms in total. The van der Waals surface area contributed by atoms with E-state index in [0.717, 1.165) is 12.1 Å². The summed E-state index contributed by atoms with van der Waals surface area (Å²) in [6.45, 7) is 0. The predicted octanol–water partition coefficient (Wildman–Crippen LogP) is 1.86. The van der Waals surface area contributed by atoms with E-state index in [9.17, 15) is 23.4 Å². The van der Waals surface area contributed by atoms with Crippen LogP contribution in [0.4, 0.5) is 19.0 Å². The number of pyridine rings is 1. The first kappa shape index (κ1) is 15.2. The summed E-state index contributed by atoms with van der Waals surface area (Å²) in [5.41, 5.74) is 3.44. The number of alkyl halides is 4. The summed E-state index contributed by atoms with van der Waals surface area (Å²) in [6.07, 6.45) is -7.59. The molecule has 1 aromatic rings. The van der Waals surface area contributed by atoms with E-state index in [1.165, 1.54) is 0 Å². The van der Waals surface area contributed by atoms with Crippen molar-refractivity contribution in [3.8, 4) is 0 Å². The Morgan fingerprint density at radius 1 is 1.33 bits per heavy atom. The highest BCUT2D eigenvalue weighted by molar-refractivity contribution is 9.09. The maximum atomic E-state index is 12.7. The van der Waals surface area contributed by atoms with Gasteiger partial charge in [0.15, 0.2) is 5.69 Å². The van der Waals surface area contributed by atoms with Gasteiger partial charge in [0, 0.05) is 10.9 Å². The topological polar surface area (TPSA) is 79.4 Å². The van der Waals surface area contributed by atoms with Gasteiger partial charge in [0.25, 0.3) is 0 Å². The van der Waals surface area contributed by atoms with Crippen molar-refractivity contribution in [3.63, 3.8) is 0 Å². The van der Waals surface area contributed by atoms with Crippen molar-refractivity contribution in [2.24, 2.45) is 0 Å². The summed E-state index contributed by atoms with van der Waals surface area (Å²) >= 11 is 3.03. The number of nitrogens with two attached hydrogens (primary N) is 1. The molecule has 1 aromatic heterocycles. The summed E-state index contributed by atoms with van der Waals surface area (Å²) < 4.78 is 38.2. The number of nitrogen functional groups attached to an aromatic ring is 1. The van der Waals surface area contributed by atoms with Crippen molar-refractivity contribution in [1.82, 2.24) is 4.98 Å². The Labute approximate surface area is 110 Å². The number of rotatable bonds is 4. The SMILES string of the molecule is Nc1ccc(C(O)C(O)CCBr)c(C(F)(F)F)n1. The molecule has 0 bridgehead atoms. The largest absolute Gasteiger partial charge is 0.433 e. The van der Waals surface area contributed by atoms with Crippen molar-refractivity contribution in [2.45, 2.75) is 24.8 Å². The highest BCUT2D eigenvalue weighted by Crippen LogP contribution is 2.35. The standard InChI is InChI=1S/C10H12BrF3N2O2/c11-4-3-6(17)8(18)5-1-2-7(15)16-9(5)10(12,13)14/h1-2,6,8,17-18H,3-4H2,(H2,15,16). The first-order valence-electron chi connectivity index (χ1n) is 5.03. The number of aliphatic hydroxyl groups excluding tert-OH is 2.